The van der Waals surface area contributed by atoms with Crippen LogP contribution in [0.1, 0.15) is 43.7 Å². The number of hydrogen-bond donors (Lipinski definition) is 0. The Morgan fingerprint density at radius 2 is 1.85 bits per heavy atom. The third-order valence-electron chi connectivity index (χ3n) is 5.09. The lowest BCUT2D eigenvalue weighted by molar-refractivity contribution is -0.138. The molecule has 0 saturated heterocycles. The number of ether oxygens (including phenoxy) is 1. The molecule has 144 valence electrons. The Kier molecular flexibility index (Phi) is 5.13. The number of nitrogens with zero attached hydrogens (tertiary/aromatic N) is 1. The summed E-state index contributed by atoms with van der Waals surface area (Å²) in [4.78, 5) is 26.9. The minimum atomic E-state index is -4.56. The lowest BCUT2D eigenvalue weighted by Crippen LogP contribution is -2.34. The molecule has 1 amide bonds. The first kappa shape index (κ1) is 19.2. The van der Waals surface area contributed by atoms with Crippen molar-refractivity contribution in [3.63, 3.8) is 0 Å². The second-order valence-electron chi connectivity index (χ2n) is 6.71. The van der Waals surface area contributed by atoms with Crippen molar-refractivity contribution in [3.8, 4) is 0 Å². The smallest absolute Gasteiger partial charge is 0.416 e. The summed E-state index contributed by atoms with van der Waals surface area (Å²) in [5, 5.41) is 0. The number of alkyl halides is 3. The maximum atomic E-state index is 13.3. The van der Waals surface area contributed by atoms with Gasteiger partial charge in [-0.05, 0) is 37.5 Å². The molecule has 0 atom stereocenters. The van der Waals surface area contributed by atoms with Crippen molar-refractivity contribution in [3.05, 3.63) is 52.2 Å². The zero-order chi connectivity index (χ0) is 19.8. The first-order chi connectivity index (χ1) is 12.8. The molecular formula is C20H20F3NO3. The molecule has 0 radical (unpaired) electrons. The fourth-order valence-electron chi connectivity index (χ4n) is 3.84. The van der Waals surface area contributed by atoms with Crippen LogP contribution < -0.4 is 0 Å². The van der Waals surface area contributed by atoms with Gasteiger partial charge in [0, 0.05) is 11.7 Å². The lowest BCUT2D eigenvalue weighted by atomic mass is 10.00. The minimum absolute atomic E-state index is 0.0337. The van der Waals surface area contributed by atoms with E-state index in [1.807, 2.05) is 0 Å². The zero-order valence-corrected chi connectivity index (χ0v) is 15.1. The molecule has 0 spiro atoms. The zero-order valence-electron chi connectivity index (χ0n) is 15.1. The largest absolute Gasteiger partial charge is 0.465 e. The molecule has 4 nitrogen and oxygen atoms in total. The van der Waals surface area contributed by atoms with Gasteiger partial charge in [-0.1, -0.05) is 31.0 Å². The number of hydrogen-bond acceptors (Lipinski definition) is 3. The van der Waals surface area contributed by atoms with E-state index in [-0.39, 0.29) is 22.8 Å². The molecule has 0 bridgehead atoms. The van der Waals surface area contributed by atoms with Crippen LogP contribution in [-0.4, -0.2) is 29.9 Å². The molecule has 2 aliphatic rings. The summed E-state index contributed by atoms with van der Waals surface area (Å²) in [5.41, 5.74) is -0.592. The molecule has 1 aliphatic heterocycles. The van der Waals surface area contributed by atoms with Gasteiger partial charge in [-0.2, -0.15) is 13.2 Å². The number of methoxy groups -OCH3 is 1. The van der Waals surface area contributed by atoms with Gasteiger partial charge in [0.2, 0.25) is 0 Å². The summed E-state index contributed by atoms with van der Waals surface area (Å²) in [5.74, 6) is -1.17. The first-order valence-corrected chi connectivity index (χ1v) is 8.76. The van der Waals surface area contributed by atoms with E-state index < -0.39 is 23.6 Å². The number of benzene rings is 1. The van der Waals surface area contributed by atoms with Crippen molar-refractivity contribution >= 4 is 18.0 Å². The van der Waals surface area contributed by atoms with Crippen LogP contribution in [0.3, 0.4) is 0 Å². The van der Waals surface area contributed by atoms with E-state index in [0.29, 0.717) is 5.70 Å². The molecule has 1 fully saturated rings. The number of carbonyl (C=O) groups is 2. The van der Waals surface area contributed by atoms with Crippen LogP contribution in [0, 0.1) is 0 Å². The van der Waals surface area contributed by atoms with Gasteiger partial charge < -0.3 is 9.64 Å². The molecule has 0 unspecified atom stereocenters. The van der Waals surface area contributed by atoms with Crippen LogP contribution in [0.2, 0.25) is 0 Å². The van der Waals surface area contributed by atoms with Gasteiger partial charge in [0.15, 0.2) is 0 Å². The number of halogens is 3. The van der Waals surface area contributed by atoms with Gasteiger partial charge in [0.1, 0.15) is 0 Å². The van der Waals surface area contributed by atoms with Crippen molar-refractivity contribution in [2.24, 2.45) is 0 Å². The van der Waals surface area contributed by atoms with Crippen molar-refractivity contribution in [2.75, 3.05) is 7.11 Å². The molecule has 1 aromatic rings. The Labute approximate surface area is 155 Å². The second kappa shape index (κ2) is 7.21. The summed E-state index contributed by atoms with van der Waals surface area (Å²) in [6.45, 7) is 1.64. The Bertz CT molecular complexity index is 833. The first-order valence-electron chi connectivity index (χ1n) is 8.76. The van der Waals surface area contributed by atoms with Gasteiger partial charge in [0.05, 0.1) is 23.8 Å². The van der Waals surface area contributed by atoms with E-state index in [1.165, 1.54) is 25.3 Å². The fraction of sp³-hybridized carbons (Fsp3) is 0.400. The van der Waals surface area contributed by atoms with Gasteiger partial charge in [-0.15, -0.1) is 0 Å². The van der Waals surface area contributed by atoms with Crippen molar-refractivity contribution in [2.45, 2.75) is 44.8 Å². The summed E-state index contributed by atoms with van der Waals surface area (Å²) in [6.07, 6.45) is 0.158. The van der Waals surface area contributed by atoms with E-state index >= 15 is 0 Å². The SMILES string of the molecule is COC(=O)C1=C(C)N(C2CCCC2)C(=O)C1=Cc1ccccc1C(F)(F)F. The van der Waals surface area contributed by atoms with Gasteiger partial charge in [-0.25, -0.2) is 4.79 Å². The average molecular weight is 379 g/mol. The summed E-state index contributed by atoms with van der Waals surface area (Å²) in [7, 11) is 1.19. The number of amides is 1. The lowest BCUT2D eigenvalue weighted by Gasteiger charge is -2.25. The molecule has 1 saturated carbocycles. The molecule has 1 aliphatic carbocycles. The van der Waals surface area contributed by atoms with Gasteiger partial charge >= 0.3 is 12.1 Å². The Balaban J connectivity index is 2.12. The third kappa shape index (κ3) is 3.50. The minimum Gasteiger partial charge on any atom is -0.465 e. The molecule has 0 N–H and O–H groups in total. The van der Waals surface area contributed by atoms with Gasteiger partial charge in [0.25, 0.3) is 5.91 Å². The summed E-state index contributed by atoms with van der Waals surface area (Å²) < 4.78 is 44.7. The quantitative estimate of drug-likeness (QED) is 0.580. The molecule has 7 heteroatoms. The highest BCUT2D eigenvalue weighted by atomic mass is 19.4. The van der Waals surface area contributed by atoms with Crippen LogP contribution >= 0.6 is 0 Å². The van der Waals surface area contributed by atoms with Gasteiger partial charge in [-0.3, -0.25) is 4.79 Å². The standard InChI is InChI=1S/C20H20F3NO3/c1-12-17(19(26)27-2)15(18(25)24(12)14-8-4-5-9-14)11-13-7-3-6-10-16(13)20(21,22)23/h3,6-7,10-11,14H,4-5,8-9H2,1-2H3. The second-order valence-corrected chi connectivity index (χ2v) is 6.71. The number of allylic oxidation sites excluding steroid dienone is 1. The maximum Gasteiger partial charge on any atom is 0.416 e. The predicted octanol–water partition coefficient (Wildman–Crippen LogP) is 4.32. The van der Waals surface area contributed by atoms with Crippen LogP contribution in [-0.2, 0) is 20.5 Å². The summed E-state index contributed by atoms with van der Waals surface area (Å²) in [6, 6.07) is 4.94. The number of rotatable bonds is 3. The van der Waals surface area contributed by atoms with Crippen molar-refractivity contribution in [1.82, 2.24) is 4.90 Å². The van der Waals surface area contributed by atoms with E-state index in [2.05, 4.69) is 0 Å². The average Bonchev–Trinajstić information content (AvgIpc) is 3.21. The van der Waals surface area contributed by atoms with E-state index in [0.717, 1.165) is 37.8 Å². The van der Waals surface area contributed by atoms with Crippen molar-refractivity contribution in [1.29, 1.82) is 0 Å². The van der Waals surface area contributed by atoms with Crippen LogP contribution in [0.15, 0.2) is 41.1 Å². The third-order valence-corrected chi connectivity index (χ3v) is 5.09. The van der Waals surface area contributed by atoms with Crippen LogP contribution in [0.4, 0.5) is 13.2 Å². The highest BCUT2D eigenvalue weighted by molar-refractivity contribution is 6.16. The van der Waals surface area contributed by atoms with Crippen molar-refractivity contribution < 1.29 is 27.5 Å². The number of carbonyl (C=O) groups excluding carboxylic acids is 2. The highest BCUT2D eigenvalue weighted by Crippen LogP contribution is 2.39. The molecule has 0 aromatic heterocycles. The Morgan fingerprint density at radius 1 is 1.22 bits per heavy atom. The Hall–Kier alpha value is -2.57. The molecule has 27 heavy (non-hydrogen) atoms. The summed E-state index contributed by atoms with van der Waals surface area (Å²) >= 11 is 0. The highest BCUT2D eigenvalue weighted by Gasteiger charge is 2.41. The normalized spacial score (nSPS) is 20.1. The Morgan fingerprint density at radius 3 is 2.44 bits per heavy atom. The molecular weight excluding hydrogens is 359 g/mol. The molecule has 1 heterocycles. The maximum absolute atomic E-state index is 13.3. The van der Waals surface area contributed by atoms with E-state index in [1.54, 1.807) is 11.8 Å². The van der Waals surface area contributed by atoms with Crippen LogP contribution in [0.25, 0.3) is 6.08 Å². The number of esters is 1. The monoisotopic (exact) mass is 379 g/mol. The van der Waals surface area contributed by atoms with E-state index in [4.69, 9.17) is 4.74 Å². The van der Waals surface area contributed by atoms with E-state index in [9.17, 15) is 22.8 Å². The topological polar surface area (TPSA) is 46.6 Å². The molecule has 3 rings (SSSR count). The predicted molar refractivity (Wildman–Crippen MR) is 93.2 cm³/mol. The fourth-order valence-corrected chi connectivity index (χ4v) is 3.84. The van der Waals surface area contributed by atoms with Crippen LogP contribution in [0.5, 0.6) is 0 Å². The molecule has 1 aromatic carbocycles.